The molecule has 22 heavy (non-hydrogen) atoms. The summed E-state index contributed by atoms with van der Waals surface area (Å²) >= 11 is 0. The third-order valence-electron chi connectivity index (χ3n) is 4.04. The van der Waals surface area contributed by atoms with Crippen LogP contribution in [0, 0.1) is 6.92 Å². The fourth-order valence-electron chi connectivity index (χ4n) is 2.66. The molecule has 0 spiro atoms. The molecule has 0 bridgehead atoms. The van der Waals surface area contributed by atoms with Gasteiger partial charge in [-0.3, -0.25) is 9.36 Å². The first kappa shape index (κ1) is 14.5. The third kappa shape index (κ3) is 2.67. The fraction of sp³-hybridized carbons (Fsp3) is 0.263. The van der Waals surface area contributed by atoms with Crippen molar-refractivity contribution >= 4 is 10.9 Å². The lowest BCUT2D eigenvalue weighted by molar-refractivity contribution is 0.712. The first-order chi connectivity index (χ1) is 10.6. The van der Waals surface area contributed by atoms with Gasteiger partial charge in [0.15, 0.2) is 0 Å². The standard InChI is InChI=1S/C19H20N2O/c1-13(2)16-10-8-15(9-11-16)12-21-14(3)20-18-7-5-4-6-17(18)19(21)22/h4-11,13H,12H2,1-3H3. The minimum atomic E-state index is 0.0241. The lowest BCUT2D eigenvalue weighted by atomic mass is 10.0. The highest BCUT2D eigenvalue weighted by Crippen LogP contribution is 2.15. The molecule has 0 atom stereocenters. The van der Waals surface area contributed by atoms with Crippen LogP contribution in [0.1, 0.15) is 36.7 Å². The second-order valence-electron chi connectivity index (χ2n) is 5.96. The van der Waals surface area contributed by atoms with Gasteiger partial charge in [-0.2, -0.15) is 0 Å². The summed E-state index contributed by atoms with van der Waals surface area (Å²) < 4.78 is 1.74. The van der Waals surface area contributed by atoms with Crippen molar-refractivity contribution in [3.8, 4) is 0 Å². The molecule has 0 N–H and O–H groups in total. The van der Waals surface area contributed by atoms with Crippen LogP contribution >= 0.6 is 0 Å². The zero-order valence-electron chi connectivity index (χ0n) is 13.2. The smallest absolute Gasteiger partial charge is 0.261 e. The Morgan fingerprint density at radius 2 is 1.73 bits per heavy atom. The Kier molecular flexibility index (Phi) is 3.80. The Morgan fingerprint density at radius 3 is 2.41 bits per heavy atom. The van der Waals surface area contributed by atoms with E-state index in [0.717, 1.165) is 16.9 Å². The molecule has 0 amide bonds. The van der Waals surface area contributed by atoms with E-state index in [0.29, 0.717) is 17.8 Å². The minimum absolute atomic E-state index is 0.0241. The predicted octanol–water partition coefficient (Wildman–Crippen LogP) is 3.88. The third-order valence-corrected chi connectivity index (χ3v) is 4.04. The Balaban J connectivity index is 2.02. The van der Waals surface area contributed by atoms with Crippen LogP contribution in [-0.4, -0.2) is 9.55 Å². The lowest BCUT2D eigenvalue weighted by Crippen LogP contribution is -2.24. The molecule has 3 nitrogen and oxygen atoms in total. The van der Waals surface area contributed by atoms with Gasteiger partial charge < -0.3 is 0 Å². The number of nitrogens with zero attached hydrogens (tertiary/aromatic N) is 2. The number of hydrogen-bond donors (Lipinski definition) is 0. The van der Waals surface area contributed by atoms with Crippen molar-refractivity contribution in [2.75, 3.05) is 0 Å². The van der Waals surface area contributed by atoms with Crippen LogP contribution in [0.25, 0.3) is 10.9 Å². The van der Waals surface area contributed by atoms with Crippen molar-refractivity contribution in [2.24, 2.45) is 0 Å². The van der Waals surface area contributed by atoms with E-state index >= 15 is 0 Å². The van der Waals surface area contributed by atoms with E-state index in [9.17, 15) is 4.79 Å². The van der Waals surface area contributed by atoms with Gasteiger partial charge in [0.05, 0.1) is 17.4 Å². The fourth-order valence-corrected chi connectivity index (χ4v) is 2.66. The first-order valence-electron chi connectivity index (χ1n) is 7.61. The molecule has 3 rings (SSSR count). The van der Waals surface area contributed by atoms with Crippen molar-refractivity contribution in [3.05, 3.63) is 75.8 Å². The van der Waals surface area contributed by atoms with Crippen LogP contribution in [0.4, 0.5) is 0 Å². The van der Waals surface area contributed by atoms with Gasteiger partial charge in [-0.05, 0) is 36.1 Å². The normalized spacial score (nSPS) is 11.3. The summed E-state index contributed by atoms with van der Waals surface area (Å²) in [4.78, 5) is 17.2. The molecule has 1 aromatic heterocycles. The predicted molar refractivity (Wildman–Crippen MR) is 90.4 cm³/mol. The molecule has 3 heteroatoms. The number of aromatic nitrogens is 2. The summed E-state index contributed by atoms with van der Waals surface area (Å²) in [7, 11) is 0. The van der Waals surface area contributed by atoms with E-state index < -0.39 is 0 Å². The van der Waals surface area contributed by atoms with Gasteiger partial charge >= 0.3 is 0 Å². The van der Waals surface area contributed by atoms with Gasteiger partial charge in [-0.15, -0.1) is 0 Å². The molecule has 1 heterocycles. The van der Waals surface area contributed by atoms with Crippen LogP contribution in [0.5, 0.6) is 0 Å². The Bertz CT molecular complexity index is 861. The van der Waals surface area contributed by atoms with Crippen molar-refractivity contribution in [2.45, 2.75) is 33.2 Å². The largest absolute Gasteiger partial charge is 0.292 e. The van der Waals surface area contributed by atoms with Crippen LogP contribution in [0.3, 0.4) is 0 Å². The summed E-state index contributed by atoms with van der Waals surface area (Å²) in [6.07, 6.45) is 0. The van der Waals surface area contributed by atoms with Gasteiger partial charge in [0.2, 0.25) is 0 Å². The van der Waals surface area contributed by atoms with E-state index in [4.69, 9.17) is 0 Å². The molecular weight excluding hydrogens is 272 g/mol. The van der Waals surface area contributed by atoms with E-state index in [1.807, 2.05) is 31.2 Å². The highest BCUT2D eigenvalue weighted by molar-refractivity contribution is 5.77. The molecule has 112 valence electrons. The summed E-state index contributed by atoms with van der Waals surface area (Å²) in [6, 6.07) is 16.0. The highest BCUT2D eigenvalue weighted by atomic mass is 16.1. The molecule has 0 aliphatic heterocycles. The molecule has 0 aliphatic carbocycles. The van der Waals surface area contributed by atoms with Crippen LogP contribution in [-0.2, 0) is 6.54 Å². The zero-order chi connectivity index (χ0) is 15.7. The Morgan fingerprint density at radius 1 is 1.05 bits per heavy atom. The molecular formula is C19H20N2O. The summed E-state index contributed by atoms with van der Waals surface area (Å²) in [6.45, 7) is 6.80. The molecule has 0 unspecified atom stereocenters. The molecule has 0 fully saturated rings. The maximum absolute atomic E-state index is 12.7. The minimum Gasteiger partial charge on any atom is -0.292 e. The van der Waals surface area contributed by atoms with E-state index in [1.165, 1.54) is 5.56 Å². The maximum atomic E-state index is 12.7. The molecule has 0 saturated carbocycles. The van der Waals surface area contributed by atoms with Gasteiger partial charge in [0, 0.05) is 0 Å². The number of fused-ring (bicyclic) bond motifs is 1. The van der Waals surface area contributed by atoms with Crippen LogP contribution in [0.15, 0.2) is 53.3 Å². The number of aryl methyl sites for hydroxylation is 1. The van der Waals surface area contributed by atoms with E-state index in [-0.39, 0.29) is 5.56 Å². The average molecular weight is 292 g/mol. The topological polar surface area (TPSA) is 34.9 Å². The Hall–Kier alpha value is -2.42. The number of rotatable bonds is 3. The quantitative estimate of drug-likeness (QED) is 0.734. The summed E-state index contributed by atoms with van der Waals surface area (Å²) in [5.41, 5.74) is 3.21. The van der Waals surface area contributed by atoms with Crippen molar-refractivity contribution in [1.82, 2.24) is 9.55 Å². The first-order valence-corrected chi connectivity index (χ1v) is 7.61. The second kappa shape index (κ2) is 5.76. The molecule has 3 aromatic rings. The monoisotopic (exact) mass is 292 g/mol. The number of hydrogen-bond acceptors (Lipinski definition) is 2. The molecule has 2 aromatic carbocycles. The number of para-hydroxylation sites is 1. The van der Waals surface area contributed by atoms with Crippen molar-refractivity contribution in [1.29, 1.82) is 0 Å². The van der Waals surface area contributed by atoms with Crippen molar-refractivity contribution in [3.63, 3.8) is 0 Å². The molecule has 0 radical (unpaired) electrons. The van der Waals surface area contributed by atoms with Gasteiger partial charge in [-0.25, -0.2) is 4.98 Å². The van der Waals surface area contributed by atoms with Crippen molar-refractivity contribution < 1.29 is 0 Å². The number of benzene rings is 2. The zero-order valence-corrected chi connectivity index (χ0v) is 13.2. The van der Waals surface area contributed by atoms with Gasteiger partial charge in [0.25, 0.3) is 5.56 Å². The average Bonchev–Trinajstić information content (AvgIpc) is 2.52. The van der Waals surface area contributed by atoms with Gasteiger partial charge in [-0.1, -0.05) is 50.2 Å². The van der Waals surface area contributed by atoms with Crippen LogP contribution in [0.2, 0.25) is 0 Å². The summed E-state index contributed by atoms with van der Waals surface area (Å²) in [5.74, 6) is 1.26. The van der Waals surface area contributed by atoms with E-state index in [2.05, 4.69) is 43.1 Å². The lowest BCUT2D eigenvalue weighted by Gasteiger charge is -2.12. The van der Waals surface area contributed by atoms with E-state index in [1.54, 1.807) is 4.57 Å². The second-order valence-corrected chi connectivity index (χ2v) is 5.96. The van der Waals surface area contributed by atoms with Crippen LogP contribution < -0.4 is 5.56 Å². The molecule has 0 aliphatic rings. The summed E-state index contributed by atoms with van der Waals surface area (Å²) in [5, 5.41) is 0.673. The van der Waals surface area contributed by atoms with Gasteiger partial charge in [0.1, 0.15) is 5.82 Å². The Labute approximate surface area is 130 Å². The maximum Gasteiger partial charge on any atom is 0.261 e. The highest BCUT2D eigenvalue weighted by Gasteiger charge is 2.08. The SMILES string of the molecule is Cc1nc2ccccc2c(=O)n1Cc1ccc(C(C)C)cc1. The molecule has 0 saturated heterocycles.